The highest BCUT2D eigenvalue weighted by atomic mass is 32.2. The van der Waals surface area contributed by atoms with Gasteiger partial charge in [0.25, 0.3) is 0 Å². The van der Waals surface area contributed by atoms with Gasteiger partial charge in [0.05, 0.1) is 17.4 Å². The molecule has 1 amide bonds. The highest BCUT2D eigenvalue weighted by Gasteiger charge is 2.33. The second kappa shape index (κ2) is 9.14. The Kier molecular flexibility index (Phi) is 6.77. The lowest BCUT2D eigenvalue weighted by molar-refractivity contribution is -0.120. The summed E-state index contributed by atoms with van der Waals surface area (Å²) >= 11 is 0. The van der Waals surface area contributed by atoms with Crippen LogP contribution in [-0.4, -0.2) is 38.3 Å². The topological polar surface area (TPSA) is 75.7 Å². The molecule has 0 bridgehead atoms. The fourth-order valence-corrected chi connectivity index (χ4v) is 5.20. The summed E-state index contributed by atoms with van der Waals surface area (Å²) in [6.45, 7) is 6.40. The lowest BCUT2D eigenvalue weighted by Crippen LogP contribution is -2.43. The summed E-state index contributed by atoms with van der Waals surface area (Å²) in [7, 11) is -3.73. The SMILES string of the molecule is CCOc1ccc(S(=O)(=O)N2CCC[C@H](C(=O)Nc3cc(F)ccc3C)C2)cc1C. The van der Waals surface area contributed by atoms with E-state index in [4.69, 9.17) is 4.74 Å². The highest BCUT2D eigenvalue weighted by Crippen LogP contribution is 2.28. The maximum absolute atomic E-state index is 13.5. The van der Waals surface area contributed by atoms with Crippen LogP contribution in [0.2, 0.25) is 0 Å². The number of carbonyl (C=O) groups excluding carboxylic acids is 1. The minimum atomic E-state index is -3.73. The van der Waals surface area contributed by atoms with Crippen LogP contribution >= 0.6 is 0 Å². The molecule has 1 heterocycles. The Labute approximate surface area is 177 Å². The van der Waals surface area contributed by atoms with Crippen molar-refractivity contribution < 1.29 is 22.3 Å². The number of carbonyl (C=O) groups is 1. The van der Waals surface area contributed by atoms with E-state index in [0.717, 1.165) is 11.1 Å². The van der Waals surface area contributed by atoms with Gasteiger partial charge in [-0.15, -0.1) is 0 Å². The standard InChI is InChI=1S/C22H27FN2O4S/c1-4-29-21-10-9-19(12-16(21)3)30(27,28)25-11-5-6-17(14-25)22(26)24-20-13-18(23)8-7-15(20)2/h7-10,12-13,17H,4-6,11,14H2,1-3H3,(H,24,26)/t17-/m0/s1. The predicted octanol–water partition coefficient (Wildman–Crippen LogP) is 3.88. The zero-order chi connectivity index (χ0) is 21.9. The van der Waals surface area contributed by atoms with Crippen LogP contribution in [-0.2, 0) is 14.8 Å². The van der Waals surface area contributed by atoms with Crippen LogP contribution in [0.4, 0.5) is 10.1 Å². The molecular weight excluding hydrogens is 407 g/mol. The van der Waals surface area contributed by atoms with Crippen molar-refractivity contribution in [1.82, 2.24) is 4.31 Å². The fraction of sp³-hybridized carbons (Fsp3) is 0.409. The molecule has 0 aromatic heterocycles. The van der Waals surface area contributed by atoms with Gasteiger partial charge in [0.15, 0.2) is 0 Å². The molecule has 3 rings (SSSR count). The van der Waals surface area contributed by atoms with Crippen molar-refractivity contribution in [1.29, 1.82) is 0 Å². The third kappa shape index (κ3) is 4.82. The van der Waals surface area contributed by atoms with Crippen LogP contribution in [0.1, 0.15) is 30.9 Å². The monoisotopic (exact) mass is 434 g/mol. The summed E-state index contributed by atoms with van der Waals surface area (Å²) in [4.78, 5) is 12.9. The molecule has 1 saturated heterocycles. The van der Waals surface area contributed by atoms with E-state index in [1.165, 1.54) is 22.5 Å². The highest BCUT2D eigenvalue weighted by molar-refractivity contribution is 7.89. The van der Waals surface area contributed by atoms with Gasteiger partial charge in [-0.2, -0.15) is 4.31 Å². The average Bonchev–Trinajstić information content (AvgIpc) is 2.72. The Morgan fingerprint density at radius 2 is 1.97 bits per heavy atom. The second-order valence-electron chi connectivity index (χ2n) is 7.51. The third-order valence-electron chi connectivity index (χ3n) is 5.30. The molecule has 0 saturated carbocycles. The number of hydrogen-bond donors (Lipinski definition) is 1. The second-order valence-corrected chi connectivity index (χ2v) is 9.45. The lowest BCUT2D eigenvalue weighted by Gasteiger charge is -2.31. The molecule has 1 aliphatic rings. The molecule has 6 nitrogen and oxygen atoms in total. The van der Waals surface area contributed by atoms with E-state index in [1.807, 2.05) is 6.92 Å². The summed E-state index contributed by atoms with van der Waals surface area (Å²) in [5.74, 6) is -0.584. The largest absolute Gasteiger partial charge is 0.494 e. The van der Waals surface area contributed by atoms with E-state index < -0.39 is 21.8 Å². The van der Waals surface area contributed by atoms with Gasteiger partial charge in [-0.25, -0.2) is 12.8 Å². The zero-order valence-corrected chi connectivity index (χ0v) is 18.3. The van der Waals surface area contributed by atoms with E-state index in [2.05, 4.69) is 5.32 Å². The number of nitrogens with one attached hydrogen (secondary N) is 1. The van der Waals surface area contributed by atoms with Crippen molar-refractivity contribution in [2.45, 2.75) is 38.5 Å². The molecule has 0 aliphatic carbocycles. The minimum Gasteiger partial charge on any atom is -0.494 e. The summed E-state index contributed by atoms with van der Waals surface area (Å²) in [5, 5.41) is 2.75. The van der Waals surface area contributed by atoms with Crippen molar-refractivity contribution in [3.05, 3.63) is 53.3 Å². The smallest absolute Gasteiger partial charge is 0.243 e. The van der Waals surface area contributed by atoms with Crippen molar-refractivity contribution in [3.8, 4) is 5.75 Å². The number of anilines is 1. The molecule has 2 aromatic carbocycles. The van der Waals surface area contributed by atoms with Gasteiger partial charge in [-0.3, -0.25) is 4.79 Å². The van der Waals surface area contributed by atoms with E-state index in [0.29, 0.717) is 37.4 Å². The van der Waals surface area contributed by atoms with Gasteiger partial charge in [0, 0.05) is 18.8 Å². The molecule has 1 fully saturated rings. The summed E-state index contributed by atoms with van der Waals surface area (Å²) in [6.07, 6.45) is 1.16. The number of aryl methyl sites for hydroxylation is 2. The van der Waals surface area contributed by atoms with Gasteiger partial charge >= 0.3 is 0 Å². The van der Waals surface area contributed by atoms with Crippen molar-refractivity contribution >= 4 is 21.6 Å². The Morgan fingerprint density at radius 1 is 1.20 bits per heavy atom. The molecule has 162 valence electrons. The van der Waals surface area contributed by atoms with E-state index in [9.17, 15) is 17.6 Å². The summed E-state index contributed by atoms with van der Waals surface area (Å²) in [6, 6.07) is 8.99. The maximum atomic E-state index is 13.5. The number of ether oxygens (including phenoxy) is 1. The van der Waals surface area contributed by atoms with Crippen molar-refractivity contribution in [2.24, 2.45) is 5.92 Å². The lowest BCUT2D eigenvalue weighted by atomic mass is 9.98. The number of sulfonamides is 1. The normalized spacial score (nSPS) is 17.5. The predicted molar refractivity (Wildman–Crippen MR) is 114 cm³/mol. The van der Waals surface area contributed by atoms with Crippen molar-refractivity contribution in [3.63, 3.8) is 0 Å². The number of rotatable bonds is 6. The molecule has 0 unspecified atom stereocenters. The maximum Gasteiger partial charge on any atom is 0.243 e. The number of nitrogens with zero attached hydrogens (tertiary/aromatic N) is 1. The molecule has 2 aromatic rings. The summed E-state index contributed by atoms with van der Waals surface area (Å²) < 4.78 is 46.6. The first-order chi connectivity index (χ1) is 14.2. The van der Waals surface area contributed by atoms with Crippen LogP contribution in [0.5, 0.6) is 5.75 Å². The molecule has 0 radical (unpaired) electrons. The molecule has 1 N–H and O–H groups in total. The van der Waals surface area contributed by atoms with Crippen molar-refractivity contribution in [2.75, 3.05) is 25.0 Å². The number of halogens is 1. The van der Waals surface area contributed by atoms with Gasteiger partial charge in [0.1, 0.15) is 11.6 Å². The molecule has 0 spiro atoms. The first-order valence-corrected chi connectivity index (χ1v) is 11.5. The first-order valence-electron chi connectivity index (χ1n) is 10.0. The van der Waals surface area contributed by atoms with Gasteiger partial charge in [-0.1, -0.05) is 6.07 Å². The number of hydrogen-bond acceptors (Lipinski definition) is 4. The first kappa shape index (κ1) is 22.2. The van der Waals surface area contributed by atoms with Crippen LogP contribution in [0.15, 0.2) is 41.3 Å². The summed E-state index contributed by atoms with van der Waals surface area (Å²) in [5.41, 5.74) is 1.89. The van der Waals surface area contributed by atoms with E-state index in [1.54, 1.807) is 32.0 Å². The Balaban J connectivity index is 1.75. The molecule has 30 heavy (non-hydrogen) atoms. The fourth-order valence-electron chi connectivity index (χ4n) is 3.59. The van der Waals surface area contributed by atoms with Gasteiger partial charge in [0.2, 0.25) is 15.9 Å². The Morgan fingerprint density at radius 3 is 2.67 bits per heavy atom. The van der Waals surface area contributed by atoms with Crippen LogP contribution in [0.25, 0.3) is 0 Å². The van der Waals surface area contributed by atoms with E-state index in [-0.39, 0.29) is 17.3 Å². The van der Waals surface area contributed by atoms with Gasteiger partial charge < -0.3 is 10.1 Å². The molecule has 1 atom stereocenters. The number of benzene rings is 2. The van der Waals surface area contributed by atoms with Crippen LogP contribution < -0.4 is 10.1 Å². The molecular formula is C22H27FN2O4S. The van der Waals surface area contributed by atoms with Crippen LogP contribution in [0.3, 0.4) is 0 Å². The third-order valence-corrected chi connectivity index (χ3v) is 7.16. The quantitative estimate of drug-likeness (QED) is 0.749. The Hall–Kier alpha value is -2.45. The Bertz CT molecular complexity index is 1040. The average molecular weight is 435 g/mol. The zero-order valence-electron chi connectivity index (χ0n) is 17.4. The minimum absolute atomic E-state index is 0.0921. The molecule has 8 heteroatoms. The number of piperidine rings is 1. The van der Waals surface area contributed by atoms with Gasteiger partial charge in [-0.05, 0) is 75.1 Å². The van der Waals surface area contributed by atoms with Crippen LogP contribution in [0, 0.1) is 25.6 Å². The molecule has 1 aliphatic heterocycles. The number of amides is 1. The van der Waals surface area contributed by atoms with E-state index >= 15 is 0 Å².